The van der Waals surface area contributed by atoms with Gasteiger partial charge in [-0.3, -0.25) is 4.79 Å². The first-order valence-corrected chi connectivity index (χ1v) is 8.88. The van der Waals surface area contributed by atoms with E-state index in [9.17, 15) is 4.79 Å². The minimum Gasteiger partial charge on any atom is -0.302 e. The predicted molar refractivity (Wildman–Crippen MR) is 93.8 cm³/mol. The van der Waals surface area contributed by atoms with Crippen LogP contribution in [0.2, 0.25) is 5.02 Å². The van der Waals surface area contributed by atoms with Gasteiger partial charge < -0.3 is 5.32 Å². The number of halogens is 1. The van der Waals surface area contributed by atoms with Gasteiger partial charge in [-0.2, -0.15) is 0 Å². The van der Waals surface area contributed by atoms with E-state index in [0.29, 0.717) is 23.0 Å². The Bertz CT molecular complexity index is 751. The molecule has 0 unspecified atom stereocenters. The molecule has 0 radical (unpaired) electrons. The number of nitrogens with zero attached hydrogens (tertiary/aromatic N) is 1. The summed E-state index contributed by atoms with van der Waals surface area (Å²) in [5.74, 6) is -0.0259. The molecule has 3 rings (SSSR count). The molecule has 2 heterocycles. The SMILES string of the molecule is O=C(CCc1ccc(Cl)cc1)Nc1nc(-c2cccs2)cs1. The van der Waals surface area contributed by atoms with Crippen molar-refractivity contribution in [1.29, 1.82) is 0 Å². The lowest BCUT2D eigenvalue weighted by Gasteiger charge is -2.02. The van der Waals surface area contributed by atoms with Gasteiger partial charge in [0.05, 0.1) is 10.6 Å². The van der Waals surface area contributed by atoms with Gasteiger partial charge >= 0.3 is 0 Å². The fraction of sp³-hybridized carbons (Fsp3) is 0.125. The molecule has 22 heavy (non-hydrogen) atoms. The highest BCUT2D eigenvalue weighted by Gasteiger charge is 2.08. The molecule has 6 heteroatoms. The van der Waals surface area contributed by atoms with Crippen LogP contribution in [0.1, 0.15) is 12.0 Å². The number of thiazole rings is 1. The first kappa shape index (κ1) is 15.2. The molecular weight excluding hydrogens is 336 g/mol. The molecule has 3 nitrogen and oxygen atoms in total. The molecule has 0 aliphatic rings. The number of carbonyl (C=O) groups excluding carboxylic acids is 1. The Labute approximate surface area is 141 Å². The predicted octanol–water partition coefficient (Wildman–Crippen LogP) is 5.10. The number of aromatic nitrogens is 1. The summed E-state index contributed by atoms with van der Waals surface area (Å²) >= 11 is 8.92. The summed E-state index contributed by atoms with van der Waals surface area (Å²) in [5.41, 5.74) is 2.01. The zero-order valence-electron chi connectivity index (χ0n) is 11.6. The second-order valence-electron chi connectivity index (χ2n) is 4.69. The van der Waals surface area contributed by atoms with Crippen molar-refractivity contribution in [1.82, 2.24) is 4.98 Å². The van der Waals surface area contributed by atoms with E-state index < -0.39 is 0 Å². The van der Waals surface area contributed by atoms with Gasteiger partial charge in [-0.25, -0.2) is 4.98 Å². The first-order valence-electron chi connectivity index (χ1n) is 6.74. The molecule has 0 bridgehead atoms. The molecule has 1 aromatic carbocycles. The number of benzene rings is 1. The highest BCUT2D eigenvalue weighted by atomic mass is 35.5. The summed E-state index contributed by atoms with van der Waals surface area (Å²) in [6.45, 7) is 0. The third kappa shape index (κ3) is 3.94. The van der Waals surface area contributed by atoms with Crippen LogP contribution in [0.25, 0.3) is 10.6 Å². The van der Waals surface area contributed by atoms with Crippen molar-refractivity contribution in [2.45, 2.75) is 12.8 Å². The average Bonchev–Trinajstić information content (AvgIpc) is 3.17. The lowest BCUT2D eigenvalue weighted by atomic mass is 10.1. The molecule has 0 saturated carbocycles. The number of nitrogens with one attached hydrogen (secondary N) is 1. The van der Waals surface area contributed by atoms with Crippen LogP contribution in [0.15, 0.2) is 47.2 Å². The van der Waals surface area contributed by atoms with Crippen molar-refractivity contribution in [3.05, 3.63) is 57.7 Å². The Balaban J connectivity index is 1.54. The maximum atomic E-state index is 12.0. The summed E-state index contributed by atoms with van der Waals surface area (Å²) in [4.78, 5) is 17.5. The normalized spacial score (nSPS) is 10.6. The topological polar surface area (TPSA) is 42.0 Å². The van der Waals surface area contributed by atoms with Crippen LogP contribution in [0.4, 0.5) is 5.13 Å². The van der Waals surface area contributed by atoms with Crippen molar-refractivity contribution in [3.63, 3.8) is 0 Å². The van der Waals surface area contributed by atoms with Crippen molar-refractivity contribution >= 4 is 45.3 Å². The Morgan fingerprint density at radius 1 is 1.18 bits per heavy atom. The Hall–Kier alpha value is -1.69. The van der Waals surface area contributed by atoms with E-state index in [-0.39, 0.29) is 5.91 Å². The van der Waals surface area contributed by atoms with Gasteiger partial charge in [-0.1, -0.05) is 29.8 Å². The van der Waals surface area contributed by atoms with Crippen molar-refractivity contribution in [2.75, 3.05) is 5.32 Å². The van der Waals surface area contributed by atoms with Crippen molar-refractivity contribution in [2.24, 2.45) is 0 Å². The van der Waals surface area contributed by atoms with Crippen LogP contribution >= 0.6 is 34.3 Å². The molecule has 112 valence electrons. The standard InChI is InChI=1S/C16H13ClN2OS2/c17-12-6-3-11(4-7-12)5-8-15(20)19-16-18-13(10-22-16)14-2-1-9-21-14/h1-4,6-7,9-10H,5,8H2,(H,18,19,20). The number of amides is 1. The lowest BCUT2D eigenvalue weighted by molar-refractivity contribution is -0.116. The number of anilines is 1. The van der Waals surface area contributed by atoms with E-state index in [1.807, 2.05) is 47.2 Å². The fourth-order valence-electron chi connectivity index (χ4n) is 1.96. The Kier molecular flexibility index (Phi) is 4.87. The van der Waals surface area contributed by atoms with E-state index in [1.165, 1.54) is 11.3 Å². The average molecular weight is 349 g/mol. The maximum absolute atomic E-state index is 12.0. The van der Waals surface area contributed by atoms with Crippen LogP contribution in [0.5, 0.6) is 0 Å². The number of rotatable bonds is 5. The van der Waals surface area contributed by atoms with Gasteiger partial charge in [-0.05, 0) is 35.6 Å². The van der Waals surface area contributed by atoms with Gasteiger partial charge in [-0.15, -0.1) is 22.7 Å². The van der Waals surface area contributed by atoms with Gasteiger partial charge in [0.15, 0.2) is 5.13 Å². The van der Waals surface area contributed by atoms with Gasteiger partial charge in [0.1, 0.15) is 0 Å². The molecular formula is C16H13ClN2OS2. The summed E-state index contributed by atoms with van der Waals surface area (Å²) in [6.07, 6.45) is 1.11. The van der Waals surface area contributed by atoms with Crippen LogP contribution in [0.3, 0.4) is 0 Å². The van der Waals surface area contributed by atoms with Crippen LogP contribution in [0, 0.1) is 0 Å². The van der Waals surface area contributed by atoms with Crippen LogP contribution in [-0.4, -0.2) is 10.9 Å². The zero-order valence-corrected chi connectivity index (χ0v) is 14.0. The largest absolute Gasteiger partial charge is 0.302 e. The minimum absolute atomic E-state index is 0.0259. The molecule has 2 aromatic heterocycles. The highest BCUT2D eigenvalue weighted by Crippen LogP contribution is 2.28. The van der Waals surface area contributed by atoms with E-state index >= 15 is 0 Å². The quantitative estimate of drug-likeness (QED) is 0.697. The second-order valence-corrected chi connectivity index (χ2v) is 6.93. The number of aryl methyl sites for hydroxylation is 1. The third-order valence-corrected chi connectivity index (χ3v) is 4.98. The van der Waals surface area contributed by atoms with E-state index in [1.54, 1.807) is 11.3 Å². The molecule has 1 amide bonds. The molecule has 0 saturated heterocycles. The first-order chi connectivity index (χ1) is 10.7. The summed E-state index contributed by atoms with van der Waals surface area (Å²) in [7, 11) is 0. The van der Waals surface area contributed by atoms with Crippen molar-refractivity contribution < 1.29 is 4.79 Å². The lowest BCUT2D eigenvalue weighted by Crippen LogP contribution is -2.12. The Morgan fingerprint density at radius 3 is 2.73 bits per heavy atom. The number of hydrogen-bond donors (Lipinski definition) is 1. The maximum Gasteiger partial charge on any atom is 0.226 e. The Morgan fingerprint density at radius 2 is 2.00 bits per heavy atom. The third-order valence-electron chi connectivity index (χ3n) is 3.08. The fourth-order valence-corrected chi connectivity index (χ4v) is 3.57. The van der Waals surface area contributed by atoms with Crippen LogP contribution < -0.4 is 5.32 Å². The molecule has 3 aromatic rings. The zero-order chi connectivity index (χ0) is 15.4. The van der Waals surface area contributed by atoms with Gasteiger partial charge in [0, 0.05) is 16.8 Å². The minimum atomic E-state index is -0.0259. The second kappa shape index (κ2) is 7.05. The van der Waals surface area contributed by atoms with Gasteiger partial charge in [0.2, 0.25) is 5.91 Å². The highest BCUT2D eigenvalue weighted by molar-refractivity contribution is 7.16. The molecule has 0 fully saturated rings. The molecule has 1 N–H and O–H groups in total. The van der Waals surface area contributed by atoms with Gasteiger partial charge in [0.25, 0.3) is 0 Å². The molecule has 0 atom stereocenters. The van der Waals surface area contributed by atoms with E-state index in [0.717, 1.165) is 16.1 Å². The molecule has 0 aliphatic carbocycles. The molecule has 0 aliphatic heterocycles. The number of hydrogen-bond acceptors (Lipinski definition) is 4. The monoisotopic (exact) mass is 348 g/mol. The number of carbonyl (C=O) groups is 1. The summed E-state index contributed by atoms with van der Waals surface area (Å²) in [5, 5.41) is 8.17. The smallest absolute Gasteiger partial charge is 0.226 e. The van der Waals surface area contributed by atoms with E-state index in [4.69, 9.17) is 11.6 Å². The van der Waals surface area contributed by atoms with Crippen LogP contribution in [-0.2, 0) is 11.2 Å². The summed E-state index contributed by atoms with van der Waals surface area (Å²) < 4.78 is 0. The van der Waals surface area contributed by atoms with E-state index in [2.05, 4.69) is 10.3 Å². The van der Waals surface area contributed by atoms with Crippen molar-refractivity contribution in [3.8, 4) is 10.6 Å². The molecule has 0 spiro atoms. The number of thiophene rings is 1. The summed E-state index contributed by atoms with van der Waals surface area (Å²) in [6, 6.07) is 11.6.